The maximum atomic E-state index is 13.7. The highest BCUT2D eigenvalue weighted by molar-refractivity contribution is 6.16. The van der Waals surface area contributed by atoms with Crippen LogP contribution in [0, 0.1) is 12.7 Å². The molecule has 2 atom stereocenters. The van der Waals surface area contributed by atoms with E-state index in [-0.39, 0.29) is 17.5 Å². The van der Waals surface area contributed by atoms with E-state index in [1.807, 2.05) is 6.07 Å². The van der Waals surface area contributed by atoms with Gasteiger partial charge in [0.05, 0.1) is 28.6 Å². The Bertz CT molecular complexity index is 669. The van der Waals surface area contributed by atoms with Gasteiger partial charge in [-0.1, -0.05) is 0 Å². The Labute approximate surface area is 122 Å². The van der Waals surface area contributed by atoms with Crippen molar-refractivity contribution < 1.29 is 9.13 Å². The molecule has 1 fully saturated rings. The van der Waals surface area contributed by atoms with Gasteiger partial charge in [0.2, 0.25) is 0 Å². The predicted molar refractivity (Wildman–Crippen MR) is 77.7 cm³/mol. The molecule has 0 bridgehead atoms. The normalized spacial score (nSPS) is 26.6. The molecule has 0 N–H and O–H groups in total. The lowest BCUT2D eigenvalue weighted by atomic mass is 9.93. The van der Waals surface area contributed by atoms with Crippen molar-refractivity contribution in [3.8, 4) is 0 Å². The van der Waals surface area contributed by atoms with Crippen molar-refractivity contribution >= 4 is 22.6 Å². The Morgan fingerprint density at radius 3 is 2.90 bits per heavy atom. The first kappa shape index (κ1) is 13.8. The Balaban J connectivity index is 2.30. The lowest BCUT2D eigenvalue weighted by Gasteiger charge is -2.31. The summed E-state index contributed by atoms with van der Waals surface area (Å²) >= 11 is 6.05. The quantitative estimate of drug-likeness (QED) is 0.789. The summed E-state index contributed by atoms with van der Waals surface area (Å²) in [5.74, 6) is 0.841. The van der Waals surface area contributed by atoms with Gasteiger partial charge >= 0.3 is 0 Å². The topological polar surface area (TPSA) is 27.1 Å². The second kappa shape index (κ2) is 4.71. The van der Waals surface area contributed by atoms with Gasteiger partial charge in [-0.3, -0.25) is 0 Å². The van der Waals surface area contributed by atoms with E-state index in [0.717, 1.165) is 24.4 Å². The number of aryl methyl sites for hydroxylation is 1. The van der Waals surface area contributed by atoms with Crippen LogP contribution in [0.5, 0.6) is 0 Å². The third-order valence-corrected chi connectivity index (χ3v) is 4.73. The molecule has 0 spiro atoms. The van der Waals surface area contributed by atoms with Gasteiger partial charge in [-0.2, -0.15) is 0 Å². The smallest absolute Gasteiger partial charge is 0.128 e. The summed E-state index contributed by atoms with van der Waals surface area (Å²) in [6.07, 6.45) is 0.979. The lowest BCUT2D eigenvalue weighted by molar-refractivity contribution is 0.0766. The number of hydrogen-bond donors (Lipinski definition) is 0. The molecule has 1 saturated heterocycles. The number of imidazole rings is 1. The van der Waals surface area contributed by atoms with E-state index in [0.29, 0.717) is 17.0 Å². The molecule has 20 heavy (non-hydrogen) atoms. The van der Waals surface area contributed by atoms with Crippen molar-refractivity contribution in [3.05, 3.63) is 29.3 Å². The van der Waals surface area contributed by atoms with Gasteiger partial charge in [-0.15, -0.1) is 11.6 Å². The second-order valence-electron chi connectivity index (χ2n) is 5.71. The van der Waals surface area contributed by atoms with E-state index in [1.165, 1.54) is 6.07 Å². The van der Waals surface area contributed by atoms with E-state index in [4.69, 9.17) is 16.3 Å². The maximum Gasteiger partial charge on any atom is 0.128 e. The van der Waals surface area contributed by atoms with Crippen molar-refractivity contribution in [1.82, 2.24) is 9.55 Å². The Morgan fingerprint density at radius 2 is 2.30 bits per heavy atom. The third-order valence-electron chi connectivity index (χ3n) is 4.49. The second-order valence-corrected chi connectivity index (χ2v) is 5.97. The van der Waals surface area contributed by atoms with Gasteiger partial charge in [0.1, 0.15) is 11.6 Å². The Kier molecular flexibility index (Phi) is 3.26. The fraction of sp³-hybridized carbons (Fsp3) is 0.533. The lowest BCUT2D eigenvalue weighted by Crippen LogP contribution is -2.37. The molecule has 5 heteroatoms. The fourth-order valence-electron chi connectivity index (χ4n) is 3.03. The van der Waals surface area contributed by atoms with Crippen LogP contribution in [0.2, 0.25) is 0 Å². The van der Waals surface area contributed by atoms with Crippen LogP contribution in [0.15, 0.2) is 12.1 Å². The number of aromatic nitrogens is 2. The van der Waals surface area contributed by atoms with E-state index in [2.05, 4.69) is 23.4 Å². The minimum absolute atomic E-state index is 0.0761. The molecule has 0 aliphatic carbocycles. The molecule has 0 saturated carbocycles. The summed E-state index contributed by atoms with van der Waals surface area (Å²) in [7, 11) is 0. The summed E-state index contributed by atoms with van der Waals surface area (Å²) in [5.41, 5.74) is 2.02. The SMILES string of the molecule is Cc1cc2c(cc1F)nc(CCl)n2C1(C)CCOC1C. The van der Waals surface area contributed by atoms with Crippen LogP contribution in [-0.2, 0) is 16.2 Å². The van der Waals surface area contributed by atoms with Gasteiger partial charge in [-0.05, 0) is 38.8 Å². The molecule has 108 valence electrons. The Hall–Kier alpha value is -1.13. The zero-order chi connectivity index (χ0) is 14.5. The van der Waals surface area contributed by atoms with Gasteiger partial charge in [0, 0.05) is 12.7 Å². The first-order valence-electron chi connectivity index (χ1n) is 6.83. The van der Waals surface area contributed by atoms with E-state index >= 15 is 0 Å². The number of ether oxygens (including phenoxy) is 1. The number of nitrogens with zero attached hydrogens (tertiary/aromatic N) is 2. The first-order chi connectivity index (χ1) is 9.47. The van der Waals surface area contributed by atoms with Crippen LogP contribution in [0.4, 0.5) is 4.39 Å². The van der Waals surface area contributed by atoms with Crippen molar-refractivity contribution in [2.75, 3.05) is 6.61 Å². The largest absolute Gasteiger partial charge is 0.376 e. The third kappa shape index (κ3) is 1.85. The zero-order valence-corrected chi connectivity index (χ0v) is 12.7. The van der Waals surface area contributed by atoms with Crippen LogP contribution >= 0.6 is 11.6 Å². The number of benzene rings is 1. The molecule has 3 nitrogen and oxygen atoms in total. The fourth-order valence-corrected chi connectivity index (χ4v) is 3.21. The van der Waals surface area contributed by atoms with E-state index in [1.54, 1.807) is 6.92 Å². The number of fused-ring (bicyclic) bond motifs is 1. The predicted octanol–water partition coefficient (Wildman–Crippen LogP) is 3.75. The van der Waals surface area contributed by atoms with Gasteiger partial charge < -0.3 is 9.30 Å². The average molecular weight is 297 g/mol. The minimum atomic E-state index is -0.232. The highest BCUT2D eigenvalue weighted by Gasteiger charge is 2.41. The molecule has 1 aliphatic heterocycles. The van der Waals surface area contributed by atoms with E-state index < -0.39 is 0 Å². The molecular weight excluding hydrogens is 279 g/mol. The van der Waals surface area contributed by atoms with Crippen LogP contribution < -0.4 is 0 Å². The summed E-state index contributed by atoms with van der Waals surface area (Å²) in [6.45, 7) is 6.70. The highest BCUT2D eigenvalue weighted by Crippen LogP contribution is 2.37. The molecule has 0 radical (unpaired) electrons. The van der Waals surface area contributed by atoms with Crippen LogP contribution in [0.3, 0.4) is 0 Å². The molecular formula is C15H18ClFN2O. The standard InChI is InChI=1S/C15H18ClFN2O/c1-9-6-13-12(7-11(9)17)18-14(8-16)19(13)15(3)4-5-20-10(15)2/h6-7,10H,4-5,8H2,1-3H3. The van der Waals surface area contributed by atoms with Crippen LogP contribution in [-0.4, -0.2) is 22.3 Å². The molecule has 3 rings (SSSR count). The number of alkyl halides is 1. The van der Waals surface area contributed by atoms with Gasteiger partial charge in [0.25, 0.3) is 0 Å². The average Bonchev–Trinajstić information content (AvgIpc) is 2.92. The van der Waals surface area contributed by atoms with E-state index in [9.17, 15) is 4.39 Å². The summed E-state index contributed by atoms with van der Waals surface area (Å²) in [4.78, 5) is 4.49. The molecule has 2 heterocycles. The number of halogens is 2. The molecule has 2 unspecified atom stereocenters. The summed E-state index contributed by atoms with van der Waals surface area (Å²) < 4.78 is 21.6. The molecule has 1 aliphatic rings. The van der Waals surface area contributed by atoms with Crippen molar-refractivity contribution in [3.63, 3.8) is 0 Å². The van der Waals surface area contributed by atoms with Gasteiger partial charge in [0.15, 0.2) is 0 Å². The number of hydrogen-bond acceptors (Lipinski definition) is 2. The monoisotopic (exact) mass is 296 g/mol. The number of rotatable bonds is 2. The highest BCUT2D eigenvalue weighted by atomic mass is 35.5. The first-order valence-corrected chi connectivity index (χ1v) is 7.36. The van der Waals surface area contributed by atoms with Crippen LogP contribution in [0.25, 0.3) is 11.0 Å². The van der Waals surface area contributed by atoms with Crippen molar-refractivity contribution in [2.24, 2.45) is 0 Å². The minimum Gasteiger partial charge on any atom is -0.376 e. The maximum absolute atomic E-state index is 13.7. The summed E-state index contributed by atoms with van der Waals surface area (Å²) in [6, 6.07) is 3.34. The summed E-state index contributed by atoms with van der Waals surface area (Å²) in [5, 5.41) is 0. The molecule has 0 amide bonds. The van der Waals surface area contributed by atoms with Gasteiger partial charge in [-0.25, -0.2) is 9.37 Å². The molecule has 1 aromatic heterocycles. The molecule has 1 aromatic carbocycles. The van der Waals surface area contributed by atoms with Crippen molar-refractivity contribution in [2.45, 2.75) is 44.7 Å². The zero-order valence-electron chi connectivity index (χ0n) is 11.9. The van der Waals surface area contributed by atoms with Crippen LogP contribution in [0.1, 0.15) is 31.7 Å². The van der Waals surface area contributed by atoms with Crippen molar-refractivity contribution in [1.29, 1.82) is 0 Å². The Morgan fingerprint density at radius 1 is 1.55 bits per heavy atom. The molecule has 2 aromatic rings.